The van der Waals surface area contributed by atoms with Crippen LogP contribution in [0.5, 0.6) is 0 Å². The summed E-state index contributed by atoms with van der Waals surface area (Å²) in [7, 11) is 1.39. The minimum atomic E-state index is -0.326. The van der Waals surface area contributed by atoms with Crippen LogP contribution >= 0.6 is 0 Å². The van der Waals surface area contributed by atoms with E-state index in [0.29, 0.717) is 17.2 Å². The standard InChI is InChI=1S/C14H19NO3/c1-9-12(14(16)17-2)7-11(8-13(9)15)10-3-5-18-6-4-10/h7-8,10H,3-6,15H2,1-2H3. The first-order chi connectivity index (χ1) is 8.63. The summed E-state index contributed by atoms with van der Waals surface area (Å²) in [6.45, 7) is 3.38. The summed E-state index contributed by atoms with van der Waals surface area (Å²) in [4.78, 5) is 11.7. The van der Waals surface area contributed by atoms with Crippen LogP contribution in [0.4, 0.5) is 5.69 Å². The van der Waals surface area contributed by atoms with Gasteiger partial charge in [-0.1, -0.05) is 0 Å². The number of methoxy groups -OCH3 is 1. The highest BCUT2D eigenvalue weighted by Gasteiger charge is 2.20. The minimum absolute atomic E-state index is 0.326. The maximum absolute atomic E-state index is 11.7. The number of hydrogen-bond donors (Lipinski definition) is 1. The van der Waals surface area contributed by atoms with Gasteiger partial charge in [-0.15, -0.1) is 0 Å². The van der Waals surface area contributed by atoms with Crippen molar-refractivity contribution in [1.82, 2.24) is 0 Å². The van der Waals surface area contributed by atoms with E-state index in [2.05, 4.69) is 0 Å². The lowest BCUT2D eigenvalue weighted by molar-refractivity contribution is 0.0599. The van der Waals surface area contributed by atoms with Crippen molar-refractivity contribution in [2.45, 2.75) is 25.7 Å². The molecule has 18 heavy (non-hydrogen) atoms. The van der Waals surface area contributed by atoms with Gasteiger partial charge in [0, 0.05) is 18.9 Å². The van der Waals surface area contributed by atoms with E-state index in [1.165, 1.54) is 7.11 Å². The average molecular weight is 249 g/mol. The molecule has 1 aliphatic heterocycles. The number of carbonyl (C=O) groups excluding carboxylic acids is 1. The van der Waals surface area contributed by atoms with E-state index < -0.39 is 0 Å². The van der Waals surface area contributed by atoms with Crippen LogP contribution in [-0.4, -0.2) is 26.3 Å². The zero-order valence-corrected chi connectivity index (χ0v) is 10.9. The summed E-state index contributed by atoms with van der Waals surface area (Å²) in [6.07, 6.45) is 1.95. The maximum Gasteiger partial charge on any atom is 0.338 e. The highest BCUT2D eigenvalue weighted by molar-refractivity contribution is 5.92. The molecule has 1 saturated heterocycles. The van der Waals surface area contributed by atoms with Gasteiger partial charge >= 0.3 is 5.97 Å². The highest BCUT2D eigenvalue weighted by atomic mass is 16.5. The summed E-state index contributed by atoms with van der Waals surface area (Å²) < 4.78 is 10.1. The molecule has 1 aromatic rings. The van der Waals surface area contributed by atoms with Crippen LogP contribution in [0.3, 0.4) is 0 Å². The van der Waals surface area contributed by atoms with Crippen molar-refractivity contribution >= 4 is 11.7 Å². The van der Waals surface area contributed by atoms with Crippen molar-refractivity contribution in [2.24, 2.45) is 0 Å². The van der Waals surface area contributed by atoms with Gasteiger partial charge < -0.3 is 15.2 Å². The molecule has 2 rings (SSSR count). The lowest BCUT2D eigenvalue weighted by atomic mass is 9.89. The average Bonchev–Trinajstić information content (AvgIpc) is 2.41. The van der Waals surface area contributed by atoms with Gasteiger partial charge in [-0.25, -0.2) is 4.79 Å². The Morgan fingerprint density at radius 1 is 1.39 bits per heavy atom. The molecule has 0 amide bonds. The molecule has 0 atom stereocenters. The highest BCUT2D eigenvalue weighted by Crippen LogP contribution is 2.31. The molecule has 4 nitrogen and oxygen atoms in total. The van der Waals surface area contributed by atoms with Gasteiger partial charge in [-0.2, -0.15) is 0 Å². The topological polar surface area (TPSA) is 61.5 Å². The summed E-state index contributed by atoms with van der Waals surface area (Å²) in [5, 5.41) is 0. The summed E-state index contributed by atoms with van der Waals surface area (Å²) in [5.41, 5.74) is 9.10. The first-order valence-electron chi connectivity index (χ1n) is 6.19. The Labute approximate surface area is 107 Å². The van der Waals surface area contributed by atoms with Crippen LogP contribution in [0.15, 0.2) is 12.1 Å². The molecule has 0 spiro atoms. The molecule has 0 radical (unpaired) electrons. The number of benzene rings is 1. The Balaban J connectivity index is 2.36. The van der Waals surface area contributed by atoms with Gasteiger partial charge in [0.2, 0.25) is 0 Å². The summed E-state index contributed by atoms with van der Waals surface area (Å²) in [5.74, 6) is 0.0955. The Kier molecular flexibility index (Phi) is 3.87. The number of nitrogens with two attached hydrogens (primary N) is 1. The molecule has 0 aromatic heterocycles. The quantitative estimate of drug-likeness (QED) is 0.645. The number of rotatable bonds is 2. The summed E-state index contributed by atoms with van der Waals surface area (Å²) in [6, 6.07) is 3.88. The van der Waals surface area contributed by atoms with Crippen LogP contribution in [0.25, 0.3) is 0 Å². The Hall–Kier alpha value is -1.55. The van der Waals surface area contributed by atoms with E-state index in [1.807, 2.05) is 19.1 Å². The molecular weight excluding hydrogens is 230 g/mol. The Morgan fingerprint density at radius 3 is 2.67 bits per heavy atom. The van der Waals surface area contributed by atoms with E-state index in [1.54, 1.807) is 0 Å². The van der Waals surface area contributed by atoms with E-state index in [4.69, 9.17) is 15.2 Å². The van der Waals surface area contributed by atoms with Crippen molar-refractivity contribution in [3.8, 4) is 0 Å². The molecule has 1 fully saturated rings. The number of ether oxygens (including phenoxy) is 2. The molecule has 0 unspecified atom stereocenters. The van der Waals surface area contributed by atoms with Gasteiger partial charge in [0.25, 0.3) is 0 Å². The number of hydrogen-bond acceptors (Lipinski definition) is 4. The molecular formula is C14H19NO3. The molecule has 1 aliphatic rings. The van der Waals surface area contributed by atoms with Gasteiger partial charge in [0.05, 0.1) is 12.7 Å². The zero-order chi connectivity index (χ0) is 13.1. The van der Waals surface area contributed by atoms with Crippen LogP contribution in [-0.2, 0) is 9.47 Å². The third-order valence-corrected chi connectivity index (χ3v) is 3.57. The third kappa shape index (κ3) is 2.48. The second-order valence-electron chi connectivity index (χ2n) is 4.66. The molecule has 0 aliphatic carbocycles. The third-order valence-electron chi connectivity index (χ3n) is 3.57. The van der Waals surface area contributed by atoms with Crippen molar-refractivity contribution in [3.05, 3.63) is 28.8 Å². The fourth-order valence-electron chi connectivity index (χ4n) is 2.35. The number of anilines is 1. The van der Waals surface area contributed by atoms with Crippen molar-refractivity contribution in [3.63, 3.8) is 0 Å². The predicted octanol–water partition coefficient (Wildman–Crippen LogP) is 2.26. The first kappa shape index (κ1) is 12.9. The molecule has 98 valence electrons. The lowest BCUT2D eigenvalue weighted by Crippen LogP contribution is -2.15. The van der Waals surface area contributed by atoms with E-state index in [0.717, 1.165) is 37.2 Å². The van der Waals surface area contributed by atoms with Crippen molar-refractivity contribution < 1.29 is 14.3 Å². The number of esters is 1. The SMILES string of the molecule is COC(=O)c1cc(C2CCOCC2)cc(N)c1C. The lowest BCUT2D eigenvalue weighted by Gasteiger charge is -2.23. The number of nitrogen functional groups attached to an aromatic ring is 1. The van der Waals surface area contributed by atoms with Crippen molar-refractivity contribution in [2.75, 3.05) is 26.1 Å². The molecule has 1 aromatic carbocycles. The molecule has 1 heterocycles. The molecule has 0 saturated carbocycles. The molecule has 4 heteroatoms. The molecule has 2 N–H and O–H groups in total. The smallest absolute Gasteiger partial charge is 0.338 e. The summed E-state index contributed by atoms with van der Waals surface area (Å²) >= 11 is 0. The fraction of sp³-hybridized carbons (Fsp3) is 0.500. The second-order valence-corrected chi connectivity index (χ2v) is 4.66. The van der Waals surface area contributed by atoms with Crippen LogP contribution in [0, 0.1) is 6.92 Å². The van der Waals surface area contributed by atoms with Gasteiger partial charge in [-0.05, 0) is 48.9 Å². The van der Waals surface area contributed by atoms with Crippen LogP contribution in [0.1, 0.15) is 40.2 Å². The monoisotopic (exact) mass is 249 g/mol. The second kappa shape index (κ2) is 5.40. The maximum atomic E-state index is 11.7. The van der Waals surface area contributed by atoms with E-state index in [9.17, 15) is 4.79 Å². The fourth-order valence-corrected chi connectivity index (χ4v) is 2.35. The first-order valence-corrected chi connectivity index (χ1v) is 6.19. The van der Waals surface area contributed by atoms with Gasteiger partial charge in [-0.3, -0.25) is 0 Å². The van der Waals surface area contributed by atoms with E-state index in [-0.39, 0.29) is 5.97 Å². The minimum Gasteiger partial charge on any atom is -0.465 e. The van der Waals surface area contributed by atoms with Crippen molar-refractivity contribution in [1.29, 1.82) is 0 Å². The van der Waals surface area contributed by atoms with Crippen LogP contribution in [0.2, 0.25) is 0 Å². The van der Waals surface area contributed by atoms with Gasteiger partial charge in [0.15, 0.2) is 0 Å². The largest absolute Gasteiger partial charge is 0.465 e. The number of carbonyl (C=O) groups is 1. The molecule has 0 bridgehead atoms. The zero-order valence-electron chi connectivity index (χ0n) is 10.9. The normalized spacial score (nSPS) is 16.6. The Bertz CT molecular complexity index is 451. The predicted molar refractivity (Wildman–Crippen MR) is 69.7 cm³/mol. The van der Waals surface area contributed by atoms with Gasteiger partial charge in [0.1, 0.15) is 0 Å². The Morgan fingerprint density at radius 2 is 2.06 bits per heavy atom. The van der Waals surface area contributed by atoms with E-state index >= 15 is 0 Å². The van der Waals surface area contributed by atoms with Crippen LogP contribution < -0.4 is 5.73 Å².